The molecule has 2 rings (SSSR count). The van der Waals surface area contributed by atoms with Crippen molar-refractivity contribution in [3.8, 4) is 0 Å². The lowest BCUT2D eigenvalue weighted by molar-refractivity contribution is -0.146. The van der Waals surface area contributed by atoms with Crippen molar-refractivity contribution in [1.29, 1.82) is 0 Å². The van der Waals surface area contributed by atoms with Gasteiger partial charge in [0.05, 0.1) is 0 Å². The van der Waals surface area contributed by atoms with Crippen LogP contribution in [0, 0.1) is 0 Å². The summed E-state index contributed by atoms with van der Waals surface area (Å²) in [7, 11) is 0. The van der Waals surface area contributed by atoms with Crippen LogP contribution in [-0.2, 0) is 27.5 Å². The van der Waals surface area contributed by atoms with Crippen molar-refractivity contribution in [1.82, 2.24) is 5.01 Å². The zero-order chi connectivity index (χ0) is 20.9. The maximum atomic E-state index is 11.9. The Morgan fingerprint density at radius 2 is 1.38 bits per heavy atom. The van der Waals surface area contributed by atoms with Gasteiger partial charge in [0.25, 0.3) is 0 Å². The molecular weight excluding hydrogens is 370 g/mol. The third kappa shape index (κ3) is 8.76. The summed E-state index contributed by atoms with van der Waals surface area (Å²) in [4.78, 5) is 23.8. The third-order valence-corrected chi connectivity index (χ3v) is 4.38. The van der Waals surface area contributed by atoms with E-state index in [-0.39, 0.29) is 13.2 Å². The van der Waals surface area contributed by atoms with Gasteiger partial charge in [-0.15, -0.1) is 0 Å². The van der Waals surface area contributed by atoms with E-state index < -0.39 is 18.1 Å². The molecule has 0 bridgehead atoms. The first-order valence-electron chi connectivity index (χ1n) is 9.75. The average Bonchev–Trinajstić information content (AvgIpc) is 2.76. The quantitative estimate of drug-likeness (QED) is 0.198. The van der Waals surface area contributed by atoms with Crippen molar-refractivity contribution >= 4 is 12.1 Å². The summed E-state index contributed by atoms with van der Waals surface area (Å²) >= 11 is 0. The highest BCUT2D eigenvalue weighted by Gasteiger charge is 2.15. The molecule has 7 nitrogen and oxygen atoms in total. The van der Waals surface area contributed by atoms with Crippen LogP contribution in [0.1, 0.15) is 36.8 Å². The fraction of sp³-hybridized carbons (Fsp3) is 0.364. The Bertz CT molecular complexity index is 677. The number of hydrazine groups is 1. The molecule has 1 unspecified atom stereocenters. The van der Waals surface area contributed by atoms with Gasteiger partial charge in [-0.2, -0.15) is 0 Å². The second kappa shape index (κ2) is 12.5. The predicted octanol–water partition coefficient (Wildman–Crippen LogP) is 3.13. The van der Waals surface area contributed by atoms with Gasteiger partial charge in [0, 0.05) is 6.54 Å². The van der Waals surface area contributed by atoms with Crippen LogP contribution in [0.4, 0.5) is 4.79 Å². The molecule has 7 heteroatoms. The highest BCUT2D eigenvalue weighted by molar-refractivity contribution is 5.75. The topological polar surface area (TPSA) is 108 Å². The van der Waals surface area contributed by atoms with Crippen molar-refractivity contribution < 1.29 is 19.1 Å². The maximum absolute atomic E-state index is 11.9. The molecule has 156 valence electrons. The van der Waals surface area contributed by atoms with Gasteiger partial charge in [-0.3, -0.25) is 4.79 Å². The lowest BCUT2D eigenvalue weighted by Crippen LogP contribution is -2.38. The molecule has 0 saturated heterocycles. The molecule has 0 aromatic heterocycles. The summed E-state index contributed by atoms with van der Waals surface area (Å²) in [5, 5.41) is 1.07. The molecule has 2 aromatic rings. The molecule has 1 atom stereocenters. The van der Waals surface area contributed by atoms with Gasteiger partial charge in [0.2, 0.25) is 0 Å². The SMILES string of the molecule is NC(CCCCCN(N)C(=O)OCc1ccccc1)C(=O)OCc1ccccc1. The predicted molar refractivity (Wildman–Crippen MR) is 110 cm³/mol. The first-order valence-corrected chi connectivity index (χ1v) is 9.75. The summed E-state index contributed by atoms with van der Waals surface area (Å²) in [5.74, 6) is 5.32. The minimum absolute atomic E-state index is 0.188. The minimum Gasteiger partial charge on any atom is -0.460 e. The Morgan fingerprint density at radius 3 is 1.97 bits per heavy atom. The third-order valence-electron chi connectivity index (χ3n) is 4.38. The second-order valence-corrected chi connectivity index (χ2v) is 6.78. The standard InChI is InChI=1S/C22H29N3O4/c23-20(21(26)28-16-18-10-4-1-5-11-18)14-8-3-9-15-25(24)22(27)29-17-19-12-6-2-7-13-19/h1-2,4-7,10-13,20H,3,8-9,14-17,23-24H2. The molecule has 0 aliphatic heterocycles. The molecule has 4 N–H and O–H groups in total. The molecule has 0 fully saturated rings. The molecule has 0 saturated carbocycles. The first kappa shape index (κ1) is 22.4. The van der Waals surface area contributed by atoms with Gasteiger partial charge in [-0.05, 0) is 24.0 Å². The number of unbranched alkanes of at least 4 members (excludes halogenated alkanes) is 2. The van der Waals surface area contributed by atoms with Gasteiger partial charge in [-0.1, -0.05) is 73.5 Å². The van der Waals surface area contributed by atoms with E-state index in [1.807, 2.05) is 60.7 Å². The van der Waals surface area contributed by atoms with Crippen LogP contribution in [0.25, 0.3) is 0 Å². The first-order chi connectivity index (χ1) is 14.1. The molecule has 0 heterocycles. The maximum Gasteiger partial charge on any atom is 0.424 e. The smallest absolute Gasteiger partial charge is 0.424 e. The van der Waals surface area contributed by atoms with Crippen molar-refractivity contribution in [2.75, 3.05) is 6.54 Å². The molecule has 1 amide bonds. The number of ether oxygens (including phenoxy) is 2. The van der Waals surface area contributed by atoms with Gasteiger partial charge in [0.1, 0.15) is 19.3 Å². The summed E-state index contributed by atoms with van der Waals surface area (Å²) in [6.45, 7) is 0.787. The Balaban J connectivity index is 1.53. The monoisotopic (exact) mass is 399 g/mol. The van der Waals surface area contributed by atoms with Crippen LogP contribution in [0.15, 0.2) is 60.7 Å². The number of amides is 1. The second-order valence-electron chi connectivity index (χ2n) is 6.78. The largest absolute Gasteiger partial charge is 0.460 e. The van der Waals surface area contributed by atoms with E-state index >= 15 is 0 Å². The van der Waals surface area contributed by atoms with E-state index in [1.165, 1.54) is 0 Å². The Kier molecular flexibility index (Phi) is 9.68. The fourth-order valence-electron chi connectivity index (χ4n) is 2.67. The van der Waals surface area contributed by atoms with Crippen LogP contribution in [0.2, 0.25) is 0 Å². The number of hydrogen-bond donors (Lipinski definition) is 2. The normalized spacial score (nSPS) is 11.5. The Morgan fingerprint density at radius 1 is 0.828 bits per heavy atom. The summed E-state index contributed by atoms with van der Waals surface area (Å²) in [5.41, 5.74) is 7.71. The number of rotatable bonds is 11. The summed E-state index contributed by atoms with van der Waals surface area (Å²) in [6.07, 6.45) is 2.20. The van der Waals surface area contributed by atoms with E-state index in [4.69, 9.17) is 21.1 Å². The molecule has 0 aliphatic carbocycles. The molecular formula is C22H29N3O4. The number of carbonyl (C=O) groups is 2. The summed E-state index contributed by atoms with van der Waals surface area (Å²) in [6, 6.07) is 18.2. The van der Waals surface area contributed by atoms with Crippen LogP contribution < -0.4 is 11.6 Å². The van der Waals surface area contributed by atoms with E-state index in [2.05, 4.69) is 0 Å². The van der Waals surface area contributed by atoms with E-state index in [0.717, 1.165) is 29.0 Å². The zero-order valence-electron chi connectivity index (χ0n) is 16.5. The number of esters is 1. The van der Waals surface area contributed by atoms with Crippen molar-refractivity contribution in [3.05, 3.63) is 71.8 Å². The fourth-order valence-corrected chi connectivity index (χ4v) is 2.67. The van der Waals surface area contributed by atoms with E-state index in [9.17, 15) is 9.59 Å². The highest BCUT2D eigenvalue weighted by atomic mass is 16.6. The number of hydrogen-bond acceptors (Lipinski definition) is 6. The lowest BCUT2D eigenvalue weighted by atomic mass is 10.1. The Hall–Kier alpha value is -2.90. The van der Waals surface area contributed by atoms with Gasteiger partial charge in [0.15, 0.2) is 0 Å². The zero-order valence-corrected chi connectivity index (χ0v) is 16.5. The summed E-state index contributed by atoms with van der Waals surface area (Å²) < 4.78 is 10.4. The molecule has 29 heavy (non-hydrogen) atoms. The van der Waals surface area contributed by atoms with Crippen molar-refractivity contribution in [2.24, 2.45) is 11.6 Å². The van der Waals surface area contributed by atoms with Crippen LogP contribution in [0.3, 0.4) is 0 Å². The van der Waals surface area contributed by atoms with Crippen LogP contribution in [0.5, 0.6) is 0 Å². The lowest BCUT2D eigenvalue weighted by Gasteiger charge is -2.16. The van der Waals surface area contributed by atoms with Gasteiger partial charge in [-0.25, -0.2) is 15.6 Å². The number of benzene rings is 2. The minimum atomic E-state index is -0.650. The van der Waals surface area contributed by atoms with Crippen molar-refractivity contribution in [2.45, 2.75) is 44.9 Å². The Labute approximate surface area is 171 Å². The van der Waals surface area contributed by atoms with Gasteiger partial charge >= 0.3 is 12.1 Å². The van der Waals surface area contributed by atoms with E-state index in [1.54, 1.807) is 0 Å². The van der Waals surface area contributed by atoms with E-state index in [0.29, 0.717) is 19.4 Å². The number of nitrogens with two attached hydrogens (primary N) is 2. The van der Waals surface area contributed by atoms with Crippen LogP contribution in [-0.4, -0.2) is 29.7 Å². The average molecular weight is 399 g/mol. The number of nitrogens with zero attached hydrogens (tertiary/aromatic N) is 1. The van der Waals surface area contributed by atoms with Crippen LogP contribution >= 0.6 is 0 Å². The molecule has 0 spiro atoms. The molecule has 2 aromatic carbocycles. The van der Waals surface area contributed by atoms with Crippen molar-refractivity contribution in [3.63, 3.8) is 0 Å². The van der Waals surface area contributed by atoms with Gasteiger partial charge < -0.3 is 15.2 Å². The molecule has 0 aliphatic rings. The molecule has 0 radical (unpaired) electrons. The highest BCUT2D eigenvalue weighted by Crippen LogP contribution is 2.07. The number of carbonyl (C=O) groups excluding carboxylic acids is 2.